The summed E-state index contributed by atoms with van der Waals surface area (Å²) in [7, 11) is 0. The van der Waals surface area contributed by atoms with Gasteiger partial charge < -0.3 is 14.2 Å². The van der Waals surface area contributed by atoms with Gasteiger partial charge in [0.15, 0.2) is 0 Å². The molecule has 5 heteroatoms. The zero-order valence-electron chi connectivity index (χ0n) is 19.4. The molecule has 4 aromatic rings. The zero-order chi connectivity index (χ0) is 22.9. The highest BCUT2D eigenvalue weighted by molar-refractivity contribution is 5.96. The van der Waals surface area contributed by atoms with E-state index in [0.29, 0.717) is 26.1 Å². The summed E-state index contributed by atoms with van der Waals surface area (Å²) in [4.78, 5) is 19.7. The van der Waals surface area contributed by atoms with Gasteiger partial charge in [-0.05, 0) is 56.7 Å². The molecule has 1 fully saturated rings. The molecule has 5 nitrogen and oxygen atoms in total. The second-order valence-electron chi connectivity index (χ2n) is 8.97. The second kappa shape index (κ2) is 8.74. The number of fused-ring (bicyclic) bond motifs is 1. The number of imidazole rings is 1. The molecule has 0 radical (unpaired) electrons. The second-order valence-corrected chi connectivity index (χ2v) is 8.97. The third-order valence-electron chi connectivity index (χ3n) is 6.42. The summed E-state index contributed by atoms with van der Waals surface area (Å²) >= 11 is 0. The molecule has 0 N–H and O–H groups in total. The average Bonchev–Trinajstić information content (AvgIpc) is 3.36. The van der Waals surface area contributed by atoms with E-state index >= 15 is 0 Å². The molecular formula is C28H29N3O2. The van der Waals surface area contributed by atoms with Gasteiger partial charge >= 0.3 is 0 Å². The number of aromatic nitrogens is 2. The minimum atomic E-state index is 0.0484. The van der Waals surface area contributed by atoms with Crippen LogP contribution in [-0.2, 0) is 11.3 Å². The maximum atomic E-state index is 12.9. The molecule has 1 amide bonds. The zero-order valence-corrected chi connectivity index (χ0v) is 19.4. The van der Waals surface area contributed by atoms with E-state index in [1.165, 1.54) is 11.1 Å². The molecule has 0 aliphatic carbocycles. The number of amides is 1. The number of benzene rings is 3. The molecule has 2 heterocycles. The van der Waals surface area contributed by atoms with Gasteiger partial charge in [0.2, 0.25) is 5.91 Å². The summed E-state index contributed by atoms with van der Waals surface area (Å²) in [5.41, 5.74) is 6.55. The van der Waals surface area contributed by atoms with Crippen LogP contribution < -0.4 is 9.64 Å². The molecule has 1 aromatic heterocycles. The lowest BCUT2D eigenvalue weighted by Crippen LogP contribution is -2.24. The van der Waals surface area contributed by atoms with Crippen LogP contribution in [0.25, 0.3) is 11.0 Å². The van der Waals surface area contributed by atoms with Crippen LogP contribution in [0.3, 0.4) is 0 Å². The minimum absolute atomic E-state index is 0.0484. The van der Waals surface area contributed by atoms with Crippen LogP contribution in [0, 0.1) is 20.8 Å². The van der Waals surface area contributed by atoms with Crippen molar-refractivity contribution in [1.82, 2.24) is 9.55 Å². The lowest BCUT2D eigenvalue weighted by atomic mass is 10.1. The van der Waals surface area contributed by atoms with Crippen molar-refractivity contribution in [2.75, 3.05) is 18.1 Å². The van der Waals surface area contributed by atoms with Gasteiger partial charge in [0.25, 0.3) is 0 Å². The highest BCUT2D eigenvalue weighted by Gasteiger charge is 2.34. The van der Waals surface area contributed by atoms with Gasteiger partial charge in [-0.3, -0.25) is 4.79 Å². The molecule has 33 heavy (non-hydrogen) atoms. The van der Waals surface area contributed by atoms with Crippen LogP contribution in [-0.4, -0.2) is 28.6 Å². The predicted octanol–water partition coefficient (Wildman–Crippen LogP) is 5.56. The van der Waals surface area contributed by atoms with Crippen molar-refractivity contribution in [3.05, 3.63) is 89.2 Å². The van der Waals surface area contributed by atoms with E-state index in [1.807, 2.05) is 41.3 Å². The SMILES string of the molecule is Cc1ccc(N2CC(c3nc4ccccc4n3CCOc3ccc(C)cc3C)CC2=O)cc1. The van der Waals surface area contributed by atoms with Crippen LogP contribution in [0.15, 0.2) is 66.7 Å². The van der Waals surface area contributed by atoms with Crippen molar-refractivity contribution in [1.29, 1.82) is 0 Å². The molecule has 1 atom stereocenters. The molecule has 1 unspecified atom stereocenters. The number of carbonyl (C=O) groups is 1. The Kier molecular flexibility index (Phi) is 5.63. The Morgan fingerprint density at radius 2 is 1.73 bits per heavy atom. The van der Waals surface area contributed by atoms with Crippen molar-refractivity contribution in [3.63, 3.8) is 0 Å². The molecule has 0 saturated carbocycles. The molecule has 1 aliphatic rings. The summed E-state index contributed by atoms with van der Waals surface area (Å²) < 4.78 is 8.36. The van der Waals surface area contributed by atoms with Gasteiger partial charge in [0, 0.05) is 24.6 Å². The van der Waals surface area contributed by atoms with Crippen molar-refractivity contribution >= 4 is 22.6 Å². The Bertz CT molecular complexity index is 1310. The molecule has 3 aromatic carbocycles. The molecule has 0 spiro atoms. The van der Waals surface area contributed by atoms with E-state index in [-0.39, 0.29) is 11.8 Å². The summed E-state index contributed by atoms with van der Waals surface area (Å²) in [5.74, 6) is 2.07. The maximum Gasteiger partial charge on any atom is 0.227 e. The number of aryl methyl sites for hydroxylation is 3. The van der Waals surface area contributed by atoms with Crippen molar-refractivity contribution in [3.8, 4) is 5.75 Å². The first-order chi connectivity index (χ1) is 16.0. The first kappa shape index (κ1) is 21.3. The normalized spacial score (nSPS) is 16.0. The van der Waals surface area contributed by atoms with Crippen LogP contribution in [0.4, 0.5) is 5.69 Å². The highest BCUT2D eigenvalue weighted by Crippen LogP contribution is 2.33. The number of rotatable bonds is 6. The Hall–Kier alpha value is -3.60. The first-order valence-corrected chi connectivity index (χ1v) is 11.5. The Labute approximate surface area is 194 Å². The summed E-state index contributed by atoms with van der Waals surface area (Å²) in [6.07, 6.45) is 0.467. The fraction of sp³-hybridized carbons (Fsp3) is 0.286. The van der Waals surface area contributed by atoms with Gasteiger partial charge in [0.05, 0.1) is 17.6 Å². The fourth-order valence-electron chi connectivity index (χ4n) is 4.70. The quantitative estimate of drug-likeness (QED) is 0.395. The Morgan fingerprint density at radius 3 is 2.52 bits per heavy atom. The van der Waals surface area contributed by atoms with Crippen LogP contribution in [0.2, 0.25) is 0 Å². The van der Waals surface area contributed by atoms with E-state index in [0.717, 1.165) is 33.9 Å². The lowest BCUT2D eigenvalue weighted by molar-refractivity contribution is -0.117. The number of carbonyl (C=O) groups excluding carboxylic acids is 1. The van der Waals surface area contributed by atoms with Gasteiger partial charge in [-0.25, -0.2) is 4.98 Å². The van der Waals surface area contributed by atoms with E-state index in [4.69, 9.17) is 9.72 Å². The van der Waals surface area contributed by atoms with E-state index in [9.17, 15) is 4.79 Å². The Balaban J connectivity index is 1.40. The number of hydrogen-bond acceptors (Lipinski definition) is 3. The monoisotopic (exact) mass is 439 g/mol. The molecule has 1 saturated heterocycles. The van der Waals surface area contributed by atoms with Crippen molar-refractivity contribution in [2.24, 2.45) is 0 Å². The minimum Gasteiger partial charge on any atom is -0.491 e. The topological polar surface area (TPSA) is 47.4 Å². The van der Waals surface area contributed by atoms with Gasteiger partial charge in [-0.1, -0.05) is 47.5 Å². The van der Waals surface area contributed by atoms with E-state index in [2.05, 4.69) is 55.7 Å². The molecule has 1 aliphatic heterocycles. The van der Waals surface area contributed by atoms with Gasteiger partial charge in [-0.2, -0.15) is 0 Å². The fourth-order valence-corrected chi connectivity index (χ4v) is 4.70. The summed E-state index contributed by atoms with van der Waals surface area (Å²) in [5, 5.41) is 0. The molecular weight excluding hydrogens is 410 g/mol. The third-order valence-corrected chi connectivity index (χ3v) is 6.42. The smallest absolute Gasteiger partial charge is 0.227 e. The van der Waals surface area contributed by atoms with Crippen molar-refractivity contribution < 1.29 is 9.53 Å². The Morgan fingerprint density at radius 1 is 0.970 bits per heavy atom. The lowest BCUT2D eigenvalue weighted by Gasteiger charge is -2.18. The number of nitrogens with zero attached hydrogens (tertiary/aromatic N) is 3. The van der Waals surface area contributed by atoms with Crippen molar-refractivity contribution in [2.45, 2.75) is 39.7 Å². The third kappa shape index (κ3) is 4.23. The van der Waals surface area contributed by atoms with Gasteiger partial charge in [-0.15, -0.1) is 0 Å². The van der Waals surface area contributed by atoms with Crippen LogP contribution in [0.5, 0.6) is 5.75 Å². The van der Waals surface area contributed by atoms with Crippen LogP contribution >= 0.6 is 0 Å². The average molecular weight is 440 g/mol. The molecule has 5 rings (SSSR count). The molecule has 0 bridgehead atoms. The largest absolute Gasteiger partial charge is 0.491 e. The standard InChI is InChI=1S/C28H29N3O2/c1-19-8-11-23(12-9-19)31-18-22(17-27(31)32)28-29-24-6-4-5-7-25(24)30(28)14-15-33-26-13-10-20(2)16-21(26)3/h4-13,16,22H,14-15,17-18H2,1-3H3. The summed E-state index contributed by atoms with van der Waals surface area (Å²) in [6, 6.07) is 22.6. The van der Waals surface area contributed by atoms with Crippen LogP contribution in [0.1, 0.15) is 34.9 Å². The highest BCUT2D eigenvalue weighted by atomic mass is 16.5. The number of anilines is 1. The predicted molar refractivity (Wildman–Crippen MR) is 132 cm³/mol. The number of hydrogen-bond donors (Lipinski definition) is 0. The van der Waals surface area contributed by atoms with Gasteiger partial charge in [0.1, 0.15) is 18.2 Å². The summed E-state index contributed by atoms with van der Waals surface area (Å²) in [6.45, 7) is 8.08. The van der Waals surface area contributed by atoms with E-state index in [1.54, 1.807) is 0 Å². The van der Waals surface area contributed by atoms with E-state index < -0.39 is 0 Å². The molecule has 168 valence electrons. The number of para-hydroxylation sites is 2. The number of ether oxygens (including phenoxy) is 1. The maximum absolute atomic E-state index is 12.9. The first-order valence-electron chi connectivity index (χ1n) is 11.5.